The van der Waals surface area contributed by atoms with Crippen molar-refractivity contribution in [3.8, 4) is 16.9 Å². The Morgan fingerprint density at radius 3 is 2.27 bits per heavy atom. The van der Waals surface area contributed by atoms with E-state index in [1.54, 1.807) is 0 Å². The molecule has 8 nitrogen and oxygen atoms in total. The smallest absolute Gasteiger partial charge is 0.340 e. The molecule has 1 aromatic carbocycles. The molecule has 3 heterocycles. The van der Waals surface area contributed by atoms with E-state index in [2.05, 4.69) is 37.1 Å². The van der Waals surface area contributed by atoms with Crippen LogP contribution in [-0.4, -0.2) is 53.9 Å². The normalized spacial score (nSPS) is 15.6. The zero-order valence-electron chi connectivity index (χ0n) is 28.0. The molecule has 0 amide bonds. The van der Waals surface area contributed by atoms with Crippen molar-refractivity contribution in [2.24, 2.45) is 5.41 Å². The van der Waals surface area contributed by atoms with Gasteiger partial charge in [0.2, 0.25) is 0 Å². The molecular formula is C36H50N4O4. The van der Waals surface area contributed by atoms with Gasteiger partial charge < -0.3 is 24.4 Å². The quantitative estimate of drug-likeness (QED) is 0.177. The molecule has 238 valence electrons. The predicted molar refractivity (Wildman–Crippen MR) is 177 cm³/mol. The maximum absolute atomic E-state index is 13.6. The summed E-state index contributed by atoms with van der Waals surface area (Å²) in [5.41, 5.74) is 5.21. The van der Waals surface area contributed by atoms with Crippen LogP contribution in [0.2, 0.25) is 0 Å². The van der Waals surface area contributed by atoms with Crippen LogP contribution in [0.5, 0.6) is 5.75 Å². The van der Waals surface area contributed by atoms with Gasteiger partial charge in [0.15, 0.2) is 6.10 Å². The van der Waals surface area contributed by atoms with E-state index in [4.69, 9.17) is 24.2 Å². The number of aryl methyl sites for hydroxylation is 2. The Balaban J connectivity index is 1.66. The number of aromatic nitrogens is 2. The Bertz CT molecular complexity index is 1390. The van der Waals surface area contributed by atoms with Crippen molar-refractivity contribution in [2.75, 3.05) is 36.5 Å². The van der Waals surface area contributed by atoms with Gasteiger partial charge in [0, 0.05) is 47.9 Å². The molecule has 44 heavy (non-hydrogen) atoms. The lowest BCUT2D eigenvalue weighted by Crippen LogP contribution is -2.39. The number of rotatable bonds is 11. The molecule has 0 saturated carbocycles. The molecule has 0 aliphatic carbocycles. The minimum atomic E-state index is -0.919. The molecule has 0 unspecified atom stereocenters. The highest BCUT2D eigenvalue weighted by Crippen LogP contribution is 2.43. The molecule has 0 bridgehead atoms. The van der Waals surface area contributed by atoms with Crippen molar-refractivity contribution in [3.05, 3.63) is 65.6 Å². The number of hydrogen-bond donors (Lipinski definition) is 1. The summed E-state index contributed by atoms with van der Waals surface area (Å²) in [7, 11) is 0. The summed E-state index contributed by atoms with van der Waals surface area (Å²) in [6.07, 6.45) is 4.66. The number of esters is 1. The molecule has 8 heteroatoms. The van der Waals surface area contributed by atoms with Crippen LogP contribution in [-0.2, 0) is 14.3 Å². The maximum atomic E-state index is 13.6. The molecule has 0 radical (unpaired) electrons. The number of benzene rings is 1. The standard InChI is InChI=1S/C36H50N4O4/c1-24(2)43-34(41)33(44-35(5,6)7)31-26(4)38-23-29(32(31)40-19-16-36(8,9)17-20-40)27-12-15-30(39-22-27)37-18-21-42-28-13-10-25(3)11-14-28/h10-15,22-24,33H,16-21H2,1-9H3,(H,37,39)/t33-/m0/s1. The highest BCUT2D eigenvalue weighted by atomic mass is 16.6. The molecule has 1 atom stereocenters. The summed E-state index contributed by atoms with van der Waals surface area (Å²) in [5, 5.41) is 3.35. The van der Waals surface area contributed by atoms with Crippen LogP contribution in [0, 0.1) is 19.3 Å². The summed E-state index contributed by atoms with van der Waals surface area (Å²) < 4.78 is 18.1. The van der Waals surface area contributed by atoms with Gasteiger partial charge in [-0.2, -0.15) is 0 Å². The van der Waals surface area contributed by atoms with Gasteiger partial charge in [-0.1, -0.05) is 31.5 Å². The van der Waals surface area contributed by atoms with Gasteiger partial charge in [-0.05, 0) is 91.0 Å². The van der Waals surface area contributed by atoms with E-state index in [1.165, 1.54) is 5.56 Å². The Labute approximate surface area is 263 Å². The van der Waals surface area contributed by atoms with E-state index < -0.39 is 17.7 Å². The molecule has 1 aliphatic heterocycles. The highest BCUT2D eigenvalue weighted by Gasteiger charge is 2.37. The number of hydrogen-bond acceptors (Lipinski definition) is 8. The average Bonchev–Trinajstić information content (AvgIpc) is 2.95. The first-order valence-corrected chi connectivity index (χ1v) is 15.7. The van der Waals surface area contributed by atoms with Crippen LogP contribution < -0.4 is 15.0 Å². The highest BCUT2D eigenvalue weighted by molar-refractivity contribution is 5.87. The first kappa shape index (κ1) is 33.2. The summed E-state index contributed by atoms with van der Waals surface area (Å²) >= 11 is 0. The monoisotopic (exact) mass is 602 g/mol. The summed E-state index contributed by atoms with van der Waals surface area (Å²) in [6.45, 7) is 21.1. The zero-order valence-corrected chi connectivity index (χ0v) is 28.0. The van der Waals surface area contributed by atoms with E-state index in [1.807, 2.05) is 84.3 Å². The van der Waals surface area contributed by atoms with Gasteiger partial charge in [0.05, 0.1) is 23.9 Å². The van der Waals surface area contributed by atoms with Gasteiger partial charge in [-0.3, -0.25) is 4.98 Å². The molecule has 4 rings (SSSR count). The van der Waals surface area contributed by atoms with Gasteiger partial charge in [0.1, 0.15) is 18.2 Å². The maximum Gasteiger partial charge on any atom is 0.340 e. The van der Waals surface area contributed by atoms with Crippen LogP contribution >= 0.6 is 0 Å². The number of carbonyl (C=O) groups is 1. The second-order valence-corrected chi connectivity index (χ2v) is 13.8. The molecule has 1 fully saturated rings. The number of nitrogens with one attached hydrogen (secondary N) is 1. The van der Waals surface area contributed by atoms with E-state index >= 15 is 0 Å². The average molecular weight is 603 g/mol. The Morgan fingerprint density at radius 2 is 1.68 bits per heavy atom. The van der Waals surface area contributed by atoms with E-state index in [9.17, 15) is 4.79 Å². The topological polar surface area (TPSA) is 85.8 Å². The van der Waals surface area contributed by atoms with E-state index in [0.717, 1.165) is 65.6 Å². The van der Waals surface area contributed by atoms with Crippen molar-refractivity contribution < 1.29 is 19.0 Å². The largest absolute Gasteiger partial charge is 0.492 e. The third-order valence-corrected chi connectivity index (χ3v) is 7.79. The molecule has 3 aromatic rings. The summed E-state index contributed by atoms with van der Waals surface area (Å²) in [6, 6.07) is 12.1. The Kier molecular flexibility index (Phi) is 10.6. The SMILES string of the molecule is Cc1ccc(OCCNc2ccc(-c3cnc(C)c([C@H](OC(C)(C)C)C(=O)OC(C)C)c3N3CCC(C)(C)CC3)cn2)cc1. The van der Waals surface area contributed by atoms with Crippen LogP contribution in [0.4, 0.5) is 11.5 Å². The number of anilines is 2. The summed E-state index contributed by atoms with van der Waals surface area (Å²) in [5.74, 6) is 1.21. The second-order valence-electron chi connectivity index (χ2n) is 13.8. The minimum absolute atomic E-state index is 0.259. The minimum Gasteiger partial charge on any atom is -0.492 e. The Hall–Kier alpha value is -3.65. The molecule has 1 aliphatic rings. The van der Waals surface area contributed by atoms with Crippen LogP contribution in [0.25, 0.3) is 11.1 Å². The predicted octanol–water partition coefficient (Wildman–Crippen LogP) is 7.69. The fourth-order valence-corrected chi connectivity index (χ4v) is 5.32. The van der Waals surface area contributed by atoms with E-state index in [0.29, 0.717) is 13.2 Å². The van der Waals surface area contributed by atoms with Crippen molar-refractivity contribution in [1.82, 2.24) is 9.97 Å². The fraction of sp³-hybridized carbons (Fsp3) is 0.528. The molecule has 1 N–H and O–H groups in total. The summed E-state index contributed by atoms with van der Waals surface area (Å²) in [4.78, 5) is 25.5. The second kappa shape index (κ2) is 14.0. The Morgan fingerprint density at radius 1 is 1.00 bits per heavy atom. The van der Waals surface area contributed by atoms with Crippen LogP contribution in [0.1, 0.15) is 84.2 Å². The molecular weight excluding hydrogens is 552 g/mol. The lowest BCUT2D eigenvalue weighted by atomic mass is 9.82. The van der Waals surface area contributed by atoms with Crippen LogP contribution in [0.3, 0.4) is 0 Å². The van der Waals surface area contributed by atoms with Gasteiger partial charge in [-0.25, -0.2) is 9.78 Å². The fourth-order valence-electron chi connectivity index (χ4n) is 5.32. The number of nitrogens with zero attached hydrogens (tertiary/aromatic N) is 3. The number of ether oxygens (including phenoxy) is 3. The van der Waals surface area contributed by atoms with Gasteiger partial charge in [-0.15, -0.1) is 0 Å². The first-order chi connectivity index (χ1) is 20.7. The number of piperidine rings is 1. The van der Waals surface area contributed by atoms with Crippen molar-refractivity contribution in [1.29, 1.82) is 0 Å². The number of pyridine rings is 2. The van der Waals surface area contributed by atoms with Crippen molar-refractivity contribution in [3.63, 3.8) is 0 Å². The van der Waals surface area contributed by atoms with Crippen molar-refractivity contribution in [2.45, 2.75) is 93.0 Å². The first-order valence-electron chi connectivity index (χ1n) is 15.7. The van der Waals surface area contributed by atoms with Gasteiger partial charge >= 0.3 is 5.97 Å². The lowest BCUT2D eigenvalue weighted by molar-refractivity contribution is -0.171. The number of carbonyl (C=O) groups excluding carboxylic acids is 1. The lowest BCUT2D eigenvalue weighted by Gasteiger charge is -2.41. The van der Waals surface area contributed by atoms with E-state index in [-0.39, 0.29) is 11.5 Å². The van der Waals surface area contributed by atoms with Crippen molar-refractivity contribution >= 4 is 17.5 Å². The van der Waals surface area contributed by atoms with Gasteiger partial charge in [0.25, 0.3) is 0 Å². The third-order valence-electron chi connectivity index (χ3n) is 7.79. The van der Waals surface area contributed by atoms with Crippen LogP contribution in [0.15, 0.2) is 48.8 Å². The molecule has 1 saturated heterocycles. The molecule has 0 spiro atoms. The molecule has 2 aromatic heterocycles. The zero-order chi connectivity index (χ0) is 32.1. The third kappa shape index (κ3) is 8.94.